The van der Waals surface area contributed by atoms with E-state index < -0.39 is 20.7 Å². The number of hydrogen-bond acceptors (Lipinski definition) is 3. The van der Waals surface area contributed by atoms with Crippen molar-refractivity contribution in [1.82, 2.24) is 4.72 Å². The number of nitrogen functional groups attached to an aromatic ring is 1. The zero-order valence-electron chi connectivity index (χ0n) is 9.90. The van der Waals surface area contributed by atoms with Crippen LogP contribution in [-0.4, -0.2) is 14.5 Å². The van der Waals surface area contributed by atoms with Crippen molar-refractivity contribution in [3.05, 3.63) is 24.0 Å². The van der Waals surface area contributed by atoms with E-state index in [1.54, 1.807) is 0 Å². The molecule has 0 saturated heterocycles. The summed E-state index contributed by atoms with van der Waals surface area (Å²) in [5, 5.41) is 0. The van der Waals surface area contributed by atoms with E-state index in [0.29, 0.717) is 12.8 Å². The smallest absolute Gasteiger partial charge is 0.245 e. The van der Waals surface area contributed by atoms with E-state index in [1.165, 1.54) is 12.1 Å². The second kappa shape index (κ2) is 5.46. The molecule has 96 valence electrons. The van der Waals surface area contributed by atoms with Gasteiger partial charge < -0.3 is 5.73 Å². The van der Waals surface area contributed by atoms with Crippen LogP contribution in [0.25, 0.3) is 0 Å². The van der Waals surface area contributed by atoms with Gasteiger partial charge in [-0.1, -0.05) is 19.9 Å². The number of nitrogens with two attached hydrogens (primary N) is 1. The molecule has 0 amide bonds. The average Bonchev–Trinajstić information content (AvgIpc) is 2.25. The van der Waals surface area contributed by atoms with Crippen LogP contribution < -0.4 is 10.5 Å². The van der Waals surface area contributed by atoms with Gasteiger partial charge in [0, 0.05) is 6.04 Å². The molecule has 0 aliphatic carbocycles. The minimum Gasteiger partial charge on any atom is -0.398 e. The van der Waals surface area contributed by atoms with Crippen molar-refractivity contribution in [3.8, 4) is 0 Å². The Balaban J connectivity index is 3.14. The minimum absolute atomic E-state index is 0.0801. The molecule has 0 radical (unpaired) electrons. The summed E-state index contributed by atoms with van der Waals surface area (Å²) in [5.74, 6) is -0.830. The Morgan fingerprint density at radius 3 is 2.41 bits per heavy atom. The Hall–Kier alpha value is -1.14. The number of benzene rings is 1. The van der Waals surface area contributed by atoms with Crippen molar-refractivity contribution in [1.29, 1.82) is 0 Å². The van der Waals surface area contributed by atoms with Gasteiger partial charge in [-0.2, -0.15) is 0 Å². The Morgan fingerprint density at radius 2 is 1.94 bits per heavy atom. The van der Waals surface area contributed by atoms with Gasteiger partial charge in [0.15, 0.2) is 0 Å². The number of hydrogen-bond donors (Lipinski definition) is 2. The molecule has 0 aliphatic heterocycles. The lowest BCUT2D eigenvalue weighted by atomic mass is 10.2. The summed E-state index contributed by atoms with van der Waals surface area (Å²) in [6, 6.07) is 3.61. The van der Waals surface area contributed by atoms with Crippen LogP contribution >= 0.6 is 0 Å². The molecule has 0 unspecified atom stereocenters. The summed E-state index contributed by atoms with van der Waals surface area (Å²) in [7, 11) is -3.90. The molecule has 1 aromatic carbocycles. The first kappa shape index (κ1) is 13.9. The largest absolute Gasteiger partial charge is 0.398 e. The normalized spacial score (nSPS) is 12.0. The molecule has 17 heavy (non-hydrogen) atoms. The zero-order chi connectivity index (χ0) is 13.1. The Bertz CT molecular complexity index is 464. The molecule has 1 aromatic rings. The third-order valence-electron chi connectivity index (χ3n) is 2.57. The fraction of sp³-hybridized carbons (Fsp3) is 0.455. The quantitative estimate of drug-likeness (QED) is 0.794. The molecule has 0 atom stereocenters. The van der Waals surface area contributed by atoms with Crippen molar-refractivity contribution < 1.29 is 12.8 Å². The number of rotatable bonds is 5. The number of halogens is 1. The van der Waals surface area contributed by atoms with Gasteiger partial charge in [0.2, 0.25) is 10.0 Å². The number of sulfonamides is 1. The molecule has 4 nitrogen and oxygen atoms in total. The van der Waals surface area contributed by atoms with Gasteiger partial charge in [0.25, 0.3) is 0 Å². The van der Waals surface area contributed by atoms with E-state index in [-0.39, 0.29) is 11.7 Å². The molecule has 0 spiro atoms. The second-order valence-corrected chi connectivity index (χ2v) is 5.44. The maximum absolute atomic E-state index is 13.5. The maximum Gasteiger partial charge on any atom is 0.245 e. The lowest BCUT2D eigenvalue weighted by Crippen LogP contribution is -2.34. The summed E-state index contributed by atoms with van der Waals surface area (Å²) in [6.07, 6.45) is 1.29. The molecule has 0 bridgehead atoms. The molecule has 0 aliphatic rings. The molecule has 1 rings (SSSR count). The fourth-order valence-electron chi connectivity index (χ4n) is 1.54. The Morgan fingerprint density at radius 1 is 1.35 bits per heavy atom. The molecule has 0 heterocycles. The van der Waals surface area contributed by atoms with E-state index >= 15 is 0 Å². The highest BCUT2D eigenvalue weighted by Gasteiger charge is 2.24. The molecule has 0 saturated carbocycles. The van der Waals surface area contributed by atoms with Crippen molar-refractivity contribution in [2.24, 2.45) is 0 Å². The SMILES string of the molecule is CCC(CC)NS(=O)(=O)c1c(N)cccc1F. The van der Waals surface area contributed by atoms with Gasteiger partial charge >= 0.3 is 0 Å². The van der Waals surface area contributed by atoms with E-state index in [4.69, 9.17) is 5.73 Å². The van der Waals surface area contributed by atoms with E-state index in [2.05, 4.69) is 4.72 Å². The molecular formula is C11H17FN2O2S. The van der Waals surface area contributed by atoms with Crippen LogP contribution in [0, 0.1) is 5.82 Å². The predicted octanol–water partition coefficient (Wildman–Crippen LogP) is 1.87. The minimum atomic E-state index is -3.90. The predicted molar refractivity (Wildman–Crippen MR) is 65.5 cm³/mol. The van der Waals surface area contributed by atoms with Crippen LogP contribution in [-0.2, 0) is 10.0 Å². The standard InChI is InChI=1S/C11H17FN2O2S/c1-3-8(4-2)14-17(15,16)11-9(12)6-5-7-10(11)13/h5-8,14H,3-4,13H2,1-2H3. The monoisotopic (exact) mass is 260 g/mol. The third-order valence-corrected chi connectivity index (χ3v) is 4.19. The van der Waals surface area contributed by atoms with Gasteiger partial charge in [0.1, 0.15) is 10.7 Å². The summed E-state index contributed by atoms with van der Waals surface area (Å²) >= 11 is 0. The van der Waals surface area contributed by atoms with Crippen molar-refractivity contribution in [2.45, 2.75) is 37.6 Å². The van der Waals surface area contributed by atoms with Crippen LogP contribution in [0.1, 0.15) is 26.7 Å². The van der Waals surface area contributed by atoms with Crippen molar-refractivity contribution in [3.63, 3.8) is 0 Å². The highest BCUT2D eigenvalue weighted by Crippen LogP contribution is 2.22. The first-order valence-electron chi connectivity index (χ1n) is 5.48. The van der Waals surface area contributed by atoms with E-state index in [1.807, 2.05) is 13.8 Å². The maximum atomic E-state index is 13.5. The van der Waals surface area contributed by atoms with Crippen LogP contribution in [0.4, 0.5) is 10.1 Å². The van der Waals surface area contributed by atoms with Crippen LogP contribution in [0.3, 0.4) is 0 Å². The van der Waals surface area contributed by atoms with Gasteiger partial charge in [-0.3, -0.25) is 0 Å². The first-order valence-corrected chi connectivity index (χ1v) is 6.97. The van der Waals surface area contributed by atoms with Gasteiger partial charge in [0.05, 0.1) is 5.69 Å². The fourth-order valence-corrected chi connectivity index (χ4v) is 3.14. The highest BCUT2D eigenvalue weighted by atomic mass is 32.2. The van der Waals surface area contributed by atoms with Crippen molar-refractivity contribution in [2.75, 3.05) is 5.73 Å². The molecule has 0 aromatic heterocycles. The summed E-state index contributed by atoms with van der Waals surface area (Å²) in [5.41, 5.74) is 5.43. The van der Waals surface area contributed by atoms with E-state index in [0.717, 1.165) is 6.07 Å². The van der Waals surface area contributed by atoms with Gasteiger partial charge in [-0.25, -0.2) is 17.5 Å². The highest BCUT2D eigenvalue weighted by molar-refractivity contribution is 7.89. The molecule has 6 heteroatoms. The lowest BCUT2D eigenvalue weighted by molar-refractivity contribution is 0.521. The Labute approximate surface area is 101 Å². The lowest BCUT2D eigenvalue weighted by Gasteiger charge is -2.16. The zero-order valence-corrected chi connectivity index (χ0v) is 10.7. The summed E-state index contributed by atoms with van der Waals surface area (Å²) in [4.78, 5) is -0.466. The topological polar surface area (TPSA) is 72.2 Å². The van der Waals surface area contributed by atoms with Crippen molar-refractivity contribution >= 4 is 15.7 Å². The van der Waals surface area contributed by atoms with Crippen LogP contribution in [0.5, 0.6) is 0 Å². The van der Waals surface area contributed by atoms with Crippen LogP contribution in [0.15, 0.2) is 23.1 Å². The summed E-state index contributed by atoms with van der Waals surface area (Å²) in [6.45, 7) is 3.72. The molecule has 3 N–H and O–H groups in total. The first-order chi connectivity index (χ1) is 7.92. The summed E-state index contributed by atoms with van der Waals surface area (Å²) < 4.78 is 39.9. The third kappa shape index (κ3) is 3.17. The number of anilines is 1. The van der Waals surface area contributed by atoms with Gasteiger partial charge in [-0.05, 0) is 25.0 Å². The molecular weight excluding hydrogens is 243 g/mol. The second-order valence-electron chi connectivity index (χ2n) is 3.79. The number of nitrogens with one attached hydrogen (secondary N) is 1. The molecule has 0 fully saturated rings. The van der Waals surface area contributed by atoms with Crippen LogP contribution in [0.2, 0.25) is 0 Å². The van der Waals surface area contributed by atoms with Gasteiger partial charge in [-0.15, -0.1) is 0 Å². The Kier molecular flexibility index (Phi) is 4.47. The average molecular weight is 260 g/mol. The van der Waals surface area contributed by atoms with E-state index in [9.17, 15) is 12.8 Å².